The molecule has 2 aromatic heterocycles. The number of alkyl halides is 3. The quantitative estimate of drug-likeness (QED) is 0.239. The van der Waals surface area contributed by atoms with E-state index >= 15 is 0 Å². The summed E-state index contributed by atoms with van der Waals surface area (Å²) < 4.78 is 46.1. The van der Waals surface area contributed by atoms with E-state index in [-0.39, 0.29) is 17.3 Å². The molecule has 1 saturated heterocycles. The number of piperidine rings is 1. The summed E-state index contributed by atoms with van der Waals surface area (Å²) in [4.78, 5) is 23.3. The highest BCUT2D eigenvalue weighted by atomic mass is 19.4. The number of amides is 1. The van der Waals surface area contributed by atoms with Crippen LogP contribution in [0.3, 0.4) is 0 Å². The monoisotopic (exact) mass is 605 g/mol. The van der Waals surface area contributed by atoms with Crippen LogP contribution in [-0.4, -0.2) is 51.0 Å². The Bertz CT molecular complexity index is 1590. The number of anilines is 2. The average Bonchev–Trinajstić information content (AvgIpc) is 2.99. The van der Waals surface area contributed by atoms with Gasteiger partial charge in [0.1, 0.15) is 11.3 Å². The van der Waals surface area contributed by atoms with E-state index in [0.29, 0.717) is 55.5 Å². The molecule has 0 unspecified atom stereocenters. The number of nitrogens with one attached hydrogen (secondary N) is 2. The molecule has 230 valence electrons. The summed E-state index contributed by atoms with van der Waals surface area (Å²) in [5.41, 5.74) is 1.23. The first-order chi connectivity index (χ1) is 20.9. The predicted octanol–water partition coefficient (Wildman–Crippen LogP) is 6.73. The predicted molar refractivity (Wildman–Crippen MR) is 162 cm³/mol. The van der Waals surface area contributed by atoms with Gasteiger partial charge in [-0.1, -0.05) is 42.5 Å². The van der Waals surface area contributed by atoms with E-state index in [1.807, 2.05) is 56.0 Å². The average molecular weight is 606 g/mol. The number of aromatic nitrogens is 4. The minimum Gasteiger partial charge on any atom is -0.444 e. The summed E-state index contributed by atoms with van der Waals surface area (Å²) in [6, 6.07) is 18.2. The molecule has 1 aliphatic heterocycles. The summed E-state index contributed by atoms with van der Waals surface area (Å²) in [7, 11) is 0. The van der Waals surface area contributed by atoms with Gasteiger partial charge in [0.15, 0.2) is 5.82 Å². The minimum atomic E-state index is -4.51. The SMILES string of the molecule is CC(C)(C)OC(=O)NC1CCN(c2cc(-c3ccnc(NCc4ccccc4)n3)c(-c3cccc(C(F)(F)F)c3)nn2)CC1. The lowest BCUT2D eigenvalue weighted by atomic mass is 10.0. The number of benzene rings is 2. The van der Waals surface area contributed by atoms with Crippen molar-refractivity contribution in [2.75, 3.05) is 23.3 Å². The van der Waals surface area contributed by atoms with Gasteiger partial charge in [0.2, 0.25) is 5.95 Å². The fourth-order valence-corrected chi connectivity index (χ4v) is 4.89. The number of nitrogens with zero attached hydrogens (tertiary/aromatic N) is 5. The normalized spacial score (nSPS) is 14.3. The molecule has 12 heteroatoms. The van der Waals surface area contributed by atoms with Crippen LogP contribution >= 0.6 is 0 Å². The van der Waals surface area contributed by atoms with Crippen molar-refractivity contribution in [1.29, 1.82) is 0 Å². The Morgan fingerprint density at radius 1 is 0.977 bits per heavy atom. The molecule has 1 fully saturated rings. The van der Waals surface area contributed by atoms with Gasteiger partial charge in [-0.3, -0.25) is 0 Å². The van der Waals surface area contributed by atoms with E-state index in [1.165, 1.54) is 6.07 Å². The summed E-state index contributed by atoms with van der Waals surface area (Å²) in [6.07, 6.45) is -2.05. The number of hydrogen-bond donors (Lipinski definition) is 2. The summed E-state index contributed by atoms with van der Waals surface area (Å²) in [5.74, 6) is 0.928. The number of hydrogen-bond acceptors (Lipinski definition) is 8. The third kappa shape index (κ3) is 8.00. The van der Waals surface area contributed by atoms with Gasteiger partial charge >= 0.3 is 12.3 Å². The van der Waals surface area contributed by atoms with Crippen molar-refractivity contribution in [3.05, 3.63) is 84.1 Å². The molecule has 0 bridgehead atoms. The van der Waals surface area contributed by atoms with Gasteiger partial charge in [-0.25, -0.2) is 14.8 Å². The van der Waals surface area contributed by atoms with Gasteiger partial charge in [-0.2, -0.15) is 13.2 Å². The van der Waals surface area contributed by atoms with E-state index < -0.39 is 23.4 Å². The number of carbonyl (C=O) groups is 1. The van der Waals surface area contributed by atoms with E-state index in [2.05, 4.69) is 30.8 Å². The molecule has 0 aliphatic carbocycles. The van der Waals surface area contributed by atoms with Crippen LogP contribution < -0.4 is 15.5 Å². The lowest BCUT2D eigenvalue weighted by molar-refractivity contribution is -0.137. The van der Waals surface area contributed by atoms with Crippen molar-refractivity contribution >= 4 is 17.9 Å². The van der Waals surface area contributed by atoms with Gasteiger partial charge in [-0.15, -0.1) is 10.2 Å². The van der Waals surface area contributed by atoms with Crippen molar-refractivity contribution < 1.29 is 22.7 Å². The van der Waals surface area contributed by atoms with Crippen LogP contribution in [0.5, 0.6) is 0 Å². The maximum Gasteiger partial charge on any atom is 0.416 e. The van der Waals surface area contributed by atoms with Crippen molar-refractivity contribution in [1.82, 2.24) is 25.5 Å². The van der Waals surface area contributed by atoms with E-state index in [1.54, 1.807) is 24.4 Å². The van der Waals surface area contributed by atoms with Crippen molar-refractivity contribution in [3.8, 4) is 22.5 Å². The molecule has 0 atom stereocenters. The third-order valence-electron chi connectivity index (χ3n) is 7.01. The number of carbonyl (C=O) groups excluding carboxylic acids is 1. The maximum atomic E-state index is 13.6. The van der Waals surface area contributed by atoms with Gasteiger partial charge in [0.05, 0.1) is 11.3 Å². The molecule has 3 heterocycles. The van der Waals surface area contributed by atoms with Crippen molar-refractivity contribution in [2.24, 2.45) is 0 Å². The van der Waals surface area contributed by atoms with E-state index in [9.17, 15) is 18.0 Å². The van der Waals surface area contributed by atoms with Crippen LogP contribution in [0.15, 0.2) is 72.9 Å². The minimum absolute atomic E-state index is 0.0574. The van der Waals surface area contributed by atoms with E-state index in [4.69, 9.17) is 4.74 Å². The Morgan fingerprint density at radius 2 is 1.73 bits per heavy atom. The summed E-state index contributed by atoms with van der Waals surface area (Å²) >= 11 is 0. The zero-order valence-electron chi connectivity index (χ0n) is 24.7. The Labute approximate surface area is 253 Å². The second-order valence-corrected chi connectivity index (χ2v) is 11.6. The molecule has 0 spiro atoms. The number of alkyl carbamates (subject to hydrolysis) is 1. The first-order valence-electron chi connectivity index (χ1n) is 14.4. The van der Waals surface area contributed by atoms with Crippen molar-refractivity contribution in [3.63, 3.8) is 0 Å². The molecule has 1 aliphatic rings. The molecule has 0 radical (unpaired) electrons. The largest absolute Gasteiger partial charge is 0.444 e. The smallest absolute Gasteiger partial charge is 0.416 e. The summed E-state index contributed by atoms with van der Waals surface area (Å²) in [6.45, 7) is 7.12. The number of rotatable bonds is 7. The first kappa shape index (κ1) is 30.7. The van der Waals surface area contributed by atoms with Gasteiger partial charge in [0, 0.05) is 43.0 Å². The molecule has 0 saturated carbocycles. The third-order valence-corrected chi connectivity index (χ3v) is 7.01. The molecular weight excluding hydrogens is 571 g/mol. The Kier molecular flexibility index (Phi) is 8.98. The van der Waals surface area contributed by atoms with Crippen LogP contribution in [0.4, 0.5) is 29.7 Å². The molecular formula is C32H34F3N7O2. The van der Waals surface area contributed by atoms with Crippen LogP contribution in [0.25, 0.3) is 22.5 Å². The fourth-order valence-electron chi connectivity index (χ4n) is 4.89. The zero-order chi connectivity index (χ0) is 31.3. The molecule has 4 aromatic rings. The summed E-state index contributed by atoms with van der Waals surface area (Å²) in [5, 5.41) is 15.0. The Hall–Kier alpha value is -4.74. The van der Waals surface area contributed by atoms with Crippen LogP contribution in [-0.2, 0) is 17.5 Å². The highest BCUT2D eigenvalue weighted by Gasteiger charge is 2.31. The fraction of sp³-hybridized carbons (Fsp3) is 0.344. The molecule has 2 aromatic carbocycles. The van der Waals surface area contributed by atoms with Crippen molar-refractivity contribution in [2.45, 2.75) is 58.0 Å². The first-order valence-corrected chi connectivity index (χ1v) is 14.4. The zero-order valence-corrected chi connectivity index (χ0v) is 24.7. The van der Waals surface area contributed by atoms with Gasteiger partial charge in [0.25, 0.3) is 0 Å². The van der Waals surface area contributed by atoms with Crippen LogP contribution in [0.2, 0.25) is 0 Å². The van der Waals surface area contributed by atoms with Crippen LogP contribution in [0.1, 0.15) is 44.7 Å². The molecule has 44 heavy (non-hydrogen) atoms. The number of halogens is 3. The standard InChI is InChI=1S/C32H34F3N7O2/c1-31(2,3)44-30(43)38-24-13-16-42(17-14-24)27-19-25(28(41-40-27)22-10-7-11-23(18-22)32(33,34)35)26-12-15-36-29(39-26)37-20-21-8-5-4-6-9-21/h4-12,15,18-19,24H,13-14,16-17,20H2,1-3H3,(H,38,43)(H,36,37,39). The highest BCUT2D eigenvalue weighted by Crippen LogP contribution is 2.36. The van der Waals surface area contributed by atoms with Gasteiger partial charge < -0.3 is 20.3 Å². The maximum absolute atomic E-state index is 13.6. The van der Waals surface area contributed by atoms with Crippen LogP contribution in [0, 0.1) is 0 Å². The lowest BCUT2D eigenvalue weighted by Crippen LogP contribution is -2.46. The molecule has 5 rings (SSSR count). The molecule has 2 N–H and O–H groups in total. The van der Waals surface area contributed by atoms with E-state index in [0.717, 1.165) is 17.7 Å². The molecule has 1 amide bonds. The number of ether oxygens (including phenoxy) is 1. The Balaban J connectivity index is 1.42. The second-order valence-electron chi connectivity index (χ2n) is 11.6. The topological polar surface area (TPSA) is 105 Å². The highest BCUT2D eigenvalue weighted by molar-refractivity contribution is 5.81. The molecule has 9 nitrogen and oxygen atoms in total. The lowest BCUT2D eigenvalue weighted by Gasteiger charge is -2.33. The van der Waals surface area contributed by atoms with Gasteiger partial charge in [-0.05, 0) is 63.4 Å². The second kappa shape index (κ2) is 12.9. The Morgan fingerprint density at radius 3 is 2.43 bits per heavy atom.